The minimum Gasteiger partial charge on any atom is -0.338 e. The summed E-state index contributed by atoms with van der Waals surface area (Å²) in [6.45, 7) is 9.68. The quantitative estimate of drug-likeness (QED) is 0.733. The Morgan fingerprint density at radius 1 is 1.24 bits per heavy atom. The molecule has 1 amide bonds. The highest BCUT2D eigenvalue weighted by molar-refractivity contribution is 5.79. The Kier molecular flexibility index (Phi) is 5.80. The van der Waals surface area contributed by atoms with E-state index in [9.17, 15) is 4.79 Å². The Hall–Kier alpha value is -1.35. The van der Waals surface area contributed by atoms with Crippen LogP contribution in [0.3, 0.4) is 0 Å². The van der Waals surface area contributed by atoms with Gasteiger partial charge in [0.05, 0.1) is 6.54 Å². The second-order valence-electron chi connectivity index (χ2n) is 6.46. The Morgan fingerprint density at radius 2 is 1.90 bits per heavy atom. The molecule has 0 radical (unpaired) electrons. The van der Waals surface area contributed by atoms with Crippen LogP contribution in [0.5, 0.6) is 0 Å². The maximum absolute atomic E-state index is 12.6. The summed E-state index contributed by atoms with van der Waals surface area (Å²) in [5.41, 5.74) is 1.27. The van der Waals surface area contributed by atoms with Gasteiger partial charge in [-0.25, -0.2) is 0 Å². The molecule has 3 heteroatoms. The lowest BCUT2D eigenvalue weighted by atomic mass is 10.2. The summed E-state index contributed by atoms with van der Waals surface area (Å²) in [4.78, 5) is 16.9. The van der Waals surface area contributed by atoms with Gasteiger partial charge >= 0.3 is 0 Å². The minimum absolute atomic E-state index is 0.295. The third-order valence-corrected chi connectivity index (χ3v) is 3.92. The Bertz CT molecular complexity index is 440. The van der Waals surface area contributed by atoms with Crippen molar-refractivity contribution in [2.45, 2.75) is 46.2 Å². The highest BCUT2D eigenvalue weighted by Gasteiger charge is 2.33. The SMILES string of the molecule is CCN(CC(=O)N(CC(C)C)C1CC1)Cc1ccccc1. The van der Waals surface area contributed by atoms with Gasteiger partial charge in [-0.15, -0.1) is 0 Å². The maximum Gasteiger partial charge on any atom is 0.237 e. The van der Waals surface area contributed by atoms with Crippen LogP contribution in [0.25, 0.3) is 0 Å². The summed E-state index contributed by atoms with van der Waals surface area (Å²) in [7, 11) is 0. The predicted octanol–water partition coefficient (Wildman–Crippen LogP) is 3.16. The molecule has 1 aromatic carbocycles. The van der Waals surface area contributed by atoms with E-state index in [1.165, 1.54) is 18.4 Å². The lowest BCUT2D eigenvalue weighted by molar-refractivity contribution is -0.133. The molecule has 1 aromatic rings. The van der Waals surface area contributed by atoms with Crippen LogP contribution >= 0.6 is 0 Å². The first-order valence-corrected chi connectivity index (χ1v) is 8.16. The van der Waals surface area contributed by atoms with Gasteiger partial charge in [0, 0.05) is 19.1 Å². The number of hydrogen-bond acceptors (Lipinski definition) is 2. The van der Waals surface area contributed by atoms with Crippen LogP contribution in [-0.2, 0) is 11.3 Å². The molecular formula is C18H28N2O. The Morgan fingerprint density at radius 3 is 2.43 bits per heavy atom. The molecule has 1 saturated carbocycles. The number of benzene rings is 1. The van der Waals surface area contributed by atoms with Gasteiger partial charge in [0.2, 0.25) is 5.91 Å². The normalized spacial score (nSPS) is 14.7. The minimum atomic E-state index is 0.295. The molecule has 0 atom stereocenters. The third kappa shape index (κ3) is 5.16. The molecular weight excluding hydrogens is 260 g/mol. The number of rotatable bonds is 8. The van der Waals surface area contributed by atoms with Crippen molar-refractivity contribution in [3.8, 4) is 0 Å². The fraction of sp³-hybridized carbons (Fsp3) is 0.611. The second kappa shape index (κ2) is 7.60. The highest BCUT2D eigenvalue weighted by Crippen LogP contribution is 2.27. The smallest absolute Gasteiger partial charge is 0.237 e. The average molecular weight is 288 g/mol. The summed E-state index contributed by atoms with van der Waals surface area (Å²) >= 11 is 0. The van der Waals surface area contributed by atoms with Gasteiger partial charge in [0.1, 0.15) is 0 Å². The van der Waals surface area contributed by atoms with Crippen LogP contribution < -0.4 is 0 Å². The van der Waals surface area contributed by atoms with E-state index in [4.69, 9.17) is 0 Å². The van der Waals surface area contributed by atoms with Crippen molar-refractivity contribution in [1.29, 1.82) is 0 Å². The number of likely N-dealkylation sites (N-methyl/N-ethyl adjacent to an activating group) is 1. The number of hydrogen-bond donors (Lipinski definition) is 0. The molecule has 0 spiro atoms. The van der Waals surface area contributed by atoms with Gasteiger partial charge in [-0.2, -0.15) is 0 Å². The fourth-order valence-electron chi connectivity index (χ4n) is 2.64. The summed E-state index contributed by atoms with van der Waals surface area (Å²) in [6, 6.07) is 10.9. The van der Waals surface area contributed by atoms with E-state index in [-0.39, 0.29) is 0 Å². The number of carbonyl (C=O) groups excluding carboxylic acids is 1. The second-order valence-corrected chi connectivity index (χ2v) is 6.46. The molecule has 21 heavy (non-hydrogen) atoms. The van der Waals surface area contributed by atoms with Crippen molar-refractivity contribution in [3.63, 3.8) is 0 Å². The van der Waals surface area contributed by atoms with Gasteiger partial charge in [0.15, 0.2) is 0 Å². The number of amides is 1. The van der Waals surface area contributed by atoms with Crippen molar-refractivity contribution < 1.29 is 4.79 Å². The predicted molar refractivity (Wildman–Crippen MR) is 87.0 cm³/mol. The number of carbonyl (C=O) groups is 1. The van der Waals surface area contributed by atoms with Crippen molar-refractivity contribution in [2.24, 2.45) is 5.92 Å². The van der Waals surface area contributed by atoms with Crippen molar-refractivity contribution in [2.75, 3.05) is 19.6 Å². The van der Waals surface area contributed by atoms with Crippen LogP contribution in [0.4, 0.5) is 0 Å². The average Bonchev–Trinajstić information content (AvgIpc) is 3.29. The Balaban J connectivity index is 1.91. The first-order valence-electron chi connectivity index (χ1n) is 8.16. The summed E-state index contributed by atoms with van der Waals surface area (Å²) in [6.07, 6.45) is 2.37. The lowest BCUT2D eigenvalue weighted by Crippen LogP contribution is -2.43. The van der Waals surface area contributed by atoms with Crippen molar-refractivity contribution in [1.82, 2.24) is 9.80 Å². The van der Waals surface area contributed by atoms with E-state index < -0.39 is 0 Å². The van der Waals surface area contributed by atoms with E-state index in [0.717, 1.165) is 19.6 Å². The molecule has 0 heterocycles. The lowest BCUT2D eigenvalue weighted by Gasteiger charge is -2.28. The molecule has 0 unspecified atom stereocenters. The third-order valence-electron chi connectivity index (χ3n) is 3.92. The molecule has 1 aliphatic rings. The van der Waals surface area contributed by atoms with Gasteiger partial charge in [-0.05, 0) is 30.9 Å². The maximum atomic E-state index is 12.6. The molecule has 0 bridgehead atoms. The van der Waals surface area contributed by atoms with E-state index >= 15 is 0 Å². The van der Waals surface area contributed by atoms with E-state index in [2.05, 4.69) is 54.8 Å². The topological polar surface area (TPSA) is 23.6 Å². The van der Waals surface area contributed by atoms with Crippen LogP contribution in [0.2, 0.25) is 0 Å². The van der Waals surface area contributed by atoms with Crippen LogP contribution in [-0.4, -0.2) is 41.4 Å². The number of nitrogens with zero attached hydrogens (tertiary/aromatic N) is 2. The molecule has 3 nitrogen and oxygen atoms in total. The molecule has 0 N–H and O–H groups in total. The van der Waals surface area contributed by atoms with E-state index in [1.807, 2.05) is 6.07 Å². The van der Waals surface area contributed by atoms with Crippen molar-refractivity contribution >= 4 is 5.91 Å². The van der Waals surface area contributed by atoms with E-state index in [0.29, 0.717) is 24.4 Å². The monoisotopic (exact) mass is 288 g/mol. The summed E-state index contributed by atoms with van der Waals surface area (Å²) in [5, 5.41) is 0. The standard InChI is InChI=1S/C18H28N2O/c1-4-19(13-16-8-6-5-7-9-16)14-18(21)20(12-15(2)3)17-10-11-17/h5-9,15,17H,4,10-14H2,1-3H3. The molecule has 0 aliphatic heterocycles. The summed E-state index contributed by atoms with van der Waals surface area (Å²) in [5.74, 6) is 0.836. The van der Waals surface area contributed by atoms with E-state index in [1.54, 1.807) is 0 Å². The van der Waals surface area contributed by atoms with Crippen molar-refractivity contribution in [3.05, 3.63) is 35.9 Å². The molecule has 0 aromatic heterocycles. The summed E-state index contributed by atoms with van der Waals surface area (Å²) < 4.78 is 0. The van der Waals surface area contributed by atoms with Crippen LogP contribution in [0.15, 0.2) is 30.3 Å². The molecule has 2 rings (SSSR count). The van der Waals surface area contributed by atoms with Gasteiger partial charge in [-0.3, -0.25) is 9.69 Å². The molecule has 1 fully saturated rings. The van der Waals surface area contributed by atoms with Gasteiger partial charge in [0.25, 0.3) is 0 Å². The highest BCUT2D eigenvalue weighted by atomic mass is 16.2. The zero-order valence-electron chi connectivity index (χ0n) is 13.6. The Labute approximate surface area is 128 Å². The molecule has 116 valence electrons. The van der Waals surface area contributed by atoms with Crippen LogP contribution in [0, 0.1) is 5.92 Å². The zero-order chi connectivity index (χ0) is 15.2. The first-order chi connectivity index (χ1) is 10.1. The molecule has 0 saturated heterocycles. The van der Waals surface area contributed by atoms with Crippen LogP contribution in [0.1, 0.15) is 39.2 Å². The fourth-order valence-corrected chi connectivity index (χ4v) is 2.64. The molecule has 1 aliphatic carbocycles. The largest absolute Gasteiger partial charge is 0.338 e. The zero-order valence-corrected chi connectivity index (χ0v) is 13.6. The first kappa shape index (κ1) is 16.0. The van der Waals surface area contributed by atoms with Gasteiger partial charge in [-0.1, -0.05) is 51.1 Å². The van der Waals surface area contributed by atoms with Gasteiger partial charge < -0.3 is 4.90 Å².